The van der Waals surface area contributed by atoms with E-state index >= 15 is 0 Å². The number of methoxy groups -OCH3 is 1. The molecule has 1 rings (SSSR count). The fourth-order valence-corrected chi connectivity index (χ4v) is 1.18. The third-order valence-corrected chi connectivity index (χ3v) is 1.87. The van der Waals surface area contributed by atoms with Gasteiger partial charge in [0.15, 0.2) is 6.23 Å². The van der Waals surface area contributed by atoms with Crippen molar-refractivity contribution in [1.29, 1.82) is 0 Å². The van der Waals surface area contributed by atoms with Crippen LogP contribution in [0.15, 0.2) is 30.3 Å². The molecular weight excluding hydrogens is 194 g/mol. The summed E-state index contributed by atoms with van der Waals surface area (Å²) in [5.74, 6) is 0. The van der Waals surface area contributed by atoms with Gasteiger partial charge in [0.05, 0.1) is 7.11 Å². The Labute approximate surface area is 89.2 Å². The molecule has 4 heteroatoms. The minimum Gasteiger partial charge on any atom is -0.453 e. The summed E-state index contributed by atoms with van der Waals surface area (Å²) in [5.41, 5.74) is 0.893. The van der Waals surface area contributed by atoms with Crippen LogP contribution in [0.1, 0.15) is 18.7 Å². The number of carbonyl (C=O) groups is 1. The van der Waals surface area contributed by atoms with E-state index in [4.69, 9.17) is 4.74 Å². The van der Waals surface area contributed by atoms with E-state index in [1.807, 2.05) is 37.3 Å². The molecule has 0 saturated heterocycles. The van der Waals surface area contributed by atoms with Crippen molar-refractivity contribution in [3.8, 4) is 0 Å². The van der Waals surface area contributed by atoms with E-state index in [1.165, 1.54) is 7.11 Å². The fourth-order valence-electron chi connectivity index (χ4n) is 1.18. The van der Waals surface area contributed by atoms with Crippen molar-refractivity contribution in [2.75, 3.05) is 13.7 Å². The Kier molecular flexibility index (Phi) is 4.63. The van der Waals surface area contributed by atoms with Crippen LogP contribution in [0.3, 0.4) is 0 Å². The molecule has 0 radical (unpaired) electrons. The number of alkyl carbamates (subject to hydrolysis) is 1. The standard InChI is InChI=1S/C11H15NO3/c1-3-15-10(12-11(13)14-2)9-7-5-4-6-8-9/h4-8,10H,3H2,1-2H3,(H,12,13). The lowest BCUT2D eigenvalue weighted by atomic mass is 10.2. The average molecular weight is 209 g/mol. The van der Waals surface area contributed by atoms with Crippen LogP contribution >= 0.6 is 0 Å². The molecule has 0 saturated carbocycles. The number of benzene rings is 1. The van der Waals surface area contributed by atoms with Crippen molar-refractivity contribution in [2.45, 2.75) is 13.2 Å². The Bertz CT molecular complexity index is 300. The molecule has 0 fully saturated rings. The minimum atomic E-state index is -0.502. The Hall–Kier alpha value is -1.55. The molecule has 1 N–H and O–H groups in total. The van der Waals surface area contributed by atoms with E-state index in [-0.39, 0.29) is 0 Å². The lowest BCUT2D eigenvalue weighted by Crippen LogP contribution is -2.30. The van der Waals surface area contributed by atoms with E-state index in [9.17, 15) is 4.79 Å². The molecule has 0 aliphatic rings. The van der Waals surface area contributed by atoms with Crippen molar-refractivity contribution < 1.29 is 14.3 Å². The van der Waals surface area contributed by atoms with Crippen LogP contribution in [-0.2, 0) is 9.47 Å². The predicted molar refractivity (Wildman–Crippen MR) is 56.3 cm³/mol. The van der Waals surface area contributed by atoms with E-state index in [2.05, 4.69) is 10.1 Å². The molecule has 0 bridgehead atoms. The Morgan fingerprint density at radius 2 is 2.07 bits per heavy atom. The maximum absolute atomic E-state index is 11.1. The number of rotatable bonds is 4. The van der Waals surface area contributed by atoms with Crippen LogP contribution in [-0.4, -0.2) is 19.8 Å². The number of amides is 1. The fraction of sp³-hybridized carbons (Fsp3) is 0.364. The normalized spacial score (nSPS) is 11.9. The second kappa shape index (κ2) is 6.03. The van der Waals surface area contributed by atoms with Gasteiger partial charge < -0.3 is 9.47 Å². The van der Waals surface area contributed by atoms with Crippen molar-refractivity contribution in [2.24, 2.45) is 0 Å². The highest BCUT2D eigenvalue weighted by molar-refractivity contribution is 5.67. The minimum absolute atomic E-state index is 0.455. The first-order valence-electron chi connectivity index (χ1n) is 4.79. The number of ether oxygens (including phenoxy) is 2. The van der Waals surface area contributed by atoms with Gasteiger partial charge in [0.25, 0.3) is 0 Å². The van der Waals surface area contributed by atoms with Gasteiger partial charge in [0, 0.05) is 12.2 Å². The topological polar surface area (TPSA) is 47.6 Å². The molecule has 0 aromatic heterocycles. The summed E-state index contributed by atoms with van der Waals surface area (Å²) in [6.45, 7) is 2.39. The van der Waals surface area contributed by atoms with Crippen LogP contribution in [0.2, 0.25) is 0 Å². The molecule has 1 unspecified atom stereocenters. The van der Waals surface area contributed by atoms with Crippen molar-refractivity contribution in [3.63, 3.8) is 0 Å². The highest BCUT2D eigenvalue weighted by Gasteiger charge is 2.13. The molecular formula is C11H15NO3. The zero-order valence-electron chi connectivity index (χ0n) is 8.90. The molecule has 1 aromatic rings. The summed E-state index contributed by atoms with van der Waals surface area (Å²) in [4.78, 5) is 11.1. The Morgan fingerprint density at radius 1 is 1.40 bits per heavy atom. The van der Waals surface area contributed by atoms with Crippen LogP contribution in [0, 0.1) is 0 Å². The Morgan fingerprint density at radius 3 is 2.60 bits per heavy atom. The van der Waals surface area contributed by atoms with E-state index in [0.29, 0.717) is 6.61 Å². The van der Waals surface area contributed by atoms with Crippen LogP contribution < -0.4 is 5.32 Å². The zero-order chi connectivity index (χ0) is 11.1. The molecule has 0 heterocycles. The molecule has 82 valence electrons. The van der Waals surface area contributed by atoms with Gasteiger partial charge in [-0.05, 0) is 6.92 Å². The van der Waals surface area contributed by atoms with E-state index in [0.717, 1.165) is 5.56 Å². The van der Waals surface area contributed by atoms with Gasteiger partial charge in [0.1, 0.15) is 0 Å². The Balaban J connectivity index is 2.70. The first kappa shape index (κ1) is 11.5. The third kappa shape index (κ3) is 3.59. The van der Waals surface area contributed by atoms with Crippen LogP contribution in [0.25, 0.3) is 0 Å². The van der Waals surface area contributed by atoms with Gasteiger partial charge >= 0.3 is 6.09 Å². The number of hydrogen-bond acceptors (Lipinski definition) is 3. The van der Waals surface area contributed by atoms with Gasteiger partial charge in [-0.1, -0.05) is 30.3 Å². The SMILES string of the molecule is CCOC(NC(=O)OC)c1ccccc1. The molecule has 4 nitrogen and oxygen atoms in total. The number of hydrogen-bond donors (Lipinski definition) is 1. The van der Waals surface area contributed by atoms with Gasteiger partial charge in [-0.3, -0.25) is 5.32 Å². The van der Waals surface area contributed by atoms with E-state index in [1.54, 1.807) is 0 Å². The summed E-state index contributed by atoms with van der Waals surface area (Å²) in [5, 5.41) is 2.60. The molecule has 1 aromatic carbocycles. The molecule has 1 atom stereocenters. The summed E-state index contributed by atoms with van der Waals surface area (Å²) in [7, 11) is 1.32. The maximum atomic E-state index is 11.1. The largest absolute Gasteiger partial charge is 0.453 e. The summed E-state index contributed by atoms with van der Waals surface area (Å²) >= 11 is 0. The van der Waals surface area contributed by atoms with Crippen LogP contribution in [0.5, 0.6) is 0 Å². The monoisotopic (exact) mass is 209 g/mol. The molecule has 1 amide bonds. The predicted octanol–water partition coefficient (Wildman–Crippen LogP) is 2.08. The molecule has 0 aliphatic heterocycles. The summed E-state index contributed by atoms with van der Waals surface area (Å²) < 4.78 is 9.91. The number of carbonyl (C=O) groups excluding carboxylic acids is 1. The first-order valence-corrected chi connectivity index (χ1v) is 4.79. The lowest BCUT2D eigenvalue weighted by Gasteiger charge is -2.17. The zero-order valence-corrected chi connectivity index (χ0v) is 8.90. The smallest absolute Gasteiger partial charge is 0.409 e. The van der Waals surface area contributed by atoms with Crippen molar-refractivity contribution in [3.05, 3.63) is 35.9 Å². The third-order valence-electron chi connectivity index (χ3n) is 1.87. The molecule has 15 heavy (non-hydrogen) atoms. The quantitative estimate of drug-likeness (QED) is 0.772. The second-order valence-electron chi connectivity index (χ2n) is 2.88. The van der Waals surface area contributed by atoms with Gasteiger partial charge in [-0.2, -0.15) is 0 Å². The number of nitrogens with one attached hydrogen (secondary N) is 1. The molecule has 0 aliphatic carbocycles. The highest BCUT2D eigenvalue weighted by Crippen LogP contribution is 2.13. The van der Waals surface area contributed by atoms with Gasteiger partial charge in [-0.25, -0.2) is 4.79 Å². The van der Waals surface area contributed by atoms with E-state index < -0.39 is 12.3 Å². The maximum Gasteiger partial charge on any atom is 0.409 e. The van der Waals surface area contributed by atoms with Crippen molar-refractivity contribution >= 4 is 6.09 Å². The summed E-state index contributed by atoms with van der Waals surface area (Å²) in [6, 6.07) is 9.46. The summed E-state index contributed by atoms with van der Waals surface area (Å²) in [6.07, 6.45) is -0.957. The second-order valence-corrected chi connectivity index (χ2v) is 2.88. The highest BCUT2D eigenvalue weighted by atomic mass is 16.6. The average Bonchev–Trinajstić information content (AvgIpc) is 2.29. The molecule has 0 spiro atoms. The van der Waals surface area contributed by atoms with Crippen molar-refractivity contribution in [1.82, 2.24) is 5.32 Å². The van der Waals surface area contributed by atoms with Gasteiger partial charge in [-0.15, -0.1) is 0 Å². The lowest BCUT2D eigenvalue weighted by molar-refractivity contribution is 0.0355. The first-order chi connectivity index (χ1) is 7.27. The van der Waals surface area contributed by atoms with Crippen LogP contribution in [0.4, 0.5) is 4.79 Å². The van der Waals surface area contributed by atoms with Gasteiger partial charge in [0.2, 0.25) is 0 Å².